The third kappa shape index (κ3) is 1.29. The first-order chi connectivity index (χ1) is 7.68. The minimum absolute atomic E-state index is 0.0621. The van der Waals surface area contributed by atoms with Gasteiger partial charge in [0.2, 0.25) is 0 Å². The van der Waals surface area contributed by atoms with Gasteiger partial charge in [0, 0.05) is 6.54 Å². The van der Waals surface area contributed by atoms with Crippen LogP contribution in [0.25, 0.3) is 0 Å². The summed E-state index contributed by atoms with van der Waals surface area (Å²) in [5.41, 5.74) is 6.33. The van der Waals surface area contributed by atoms with Gasteiger partial charge in [-0.2, -0.15) is 5.10 Å². The van der Waals surface area contributed by atoms with E-state index in [9.17, 15) is 4.79 Å². The topological polar surface area (TPSA) is 64.1 Å². The van der Waals surface area contributed by atoms with Gasteiger partial charge in [-0.1, -0.05) is 0 Å². The number of carbonyl (C=O) groups is 1. The van der Waals surface area contributed by atoms with Gasteiger partial charge in [-0.3, -0.25) is 9.48 Å². The molecule has 0 aliphatic carbocycles. The minimum atomic E-state index is 0.0621. The van der Waals surface area contributed by atoms with Crippen LogP contribution >= 0.6 is 15.9 Å². The maximum absolute atomic E-state index is 12.3. The molecule has 3 heterocycles. The number of hydrogen-bond acceptors (Lipinski definition) is 3. The van der Waals surface area contributed by atoms with Crippen LogP contribution in [0.4, 0.5) is 5.82 Å². The number of amides is 1. The first kappa shape index (κ1) is 10.1. The number of aromatic nitrogens is 2. The van der Waals surface area contributed by atoms with Crippen molar-refractivity contribution in [2.24, 2.45) is 0 Å². The molecule has 0 saturated carbocycles. The summed E-state index contributed by atoms with van der Waals surface area (Å²) in [7, 11) is 0. The smallest absolute Gasteiger partial charge is 0.273 e. The standard InChI is InChI=1S/C10H13BrN4O/c11-7-8-10(16)14-4-2-1-3-6(14)5-15(8)13-9(7)12/h6H,1-5H2,(H2,12,13)/t6-/m0/s1. The van der Waals surface area contributed by atoms with Crippen LogP contribution in [-0.2, 0) is 6.54 Å². The Morgan fingerprint density at radius 2 is 2.25 bits per heavy atom. The Bertz CT molecular complexity index is 456. The quantitative estimate of drug-likeness (QED) is 0.780. The number of nitrogens with two attached hydrogens (primary N) is 1. The van der Waals surface area contributed by atoms with E-state index in [0.29, 0.717) is 22.0 Å². The zero-order valence-electron chi connectivity index (χ0n) is 8.82. The Labute approximate surface area is 102 Å². The largest absolute Gasteiger partial charge is 0.381 e. The van der Waals surface area contributed by atoms with E-state index in [1.807, 2.05) is 4.90 Å². The fourth-order valence-corrected chi connectivity index (χ4v) is 3.04. The van der Waals surface area contributed by atoms with Crippen LogP contribution in [-0.4, -0.2) is 33.2 Å². The third-order valence-electron chi connectivity index (χ3n) is 3.39. The zero-order chi connectivity index (χ0) is 11.3. The summed E-state index contributed by atoms with van der Waals surface area (Å²) in [5.74, 6) is 0.468. The van der Waals surface area contributed by atoms with Crippen LogP contribution in [0, 0.1) is 0 Å². The molecule has 1 aromatic heterocycles. The van der Waals surface area contributed by atoms with Crippen molar-refractivity contribution in [3.63, 3.8) is 0 Å². The third-order valence-corrected chi connectivity index (χ3v) is 4.18. The van der Waals surface area contributed by atoms with Crippen molar-refractivity contribution >= 4 is 27.7 Å². The molecular formula is C10H13BrN4O. The van der Waals surface area contributed by atoms with Crippen molar-refractivity contribution < 1.29 is 4.79 Å². The van der Waals surface area contributed by atoms with E-state index < -0.39 is 0 Å². The Morgan fingerprint density at radius 3 is 3.06 bits per heavy atom. The Hall–Kier alpha value is -1.04. The fraction of sp³-hybridized carbons (Fsp3) is 0.600. The SMILES string of the molecule is Nc1nn2c(c1Br)C(=O)N1CCCC[C@H]1C2. The molecule has 1 amide bonds. The Kier molecular flexibility index (Phi) is 2.20. The fourth-order valence-electron chi connectivity index (χ4n) is 2.59. The van der Waals surface area contributed by atoms with E-state index in [1.165, 1.54) is 6.42 Å². The van der Waals surface area contributed by atoms with Gasteiger partial charge in [0.15, 0.2) is 5.82 Å². The second-order valence-electron chi connectivity index (χ2n) is 4.38. The van der Waals surface area contributed by atoms with Gasteiger partial charge < -0.3 is 10.6 Å². The Balaban J connectivity index is 2.07. The molecule has 1 aromatic rings. The molecule has 0 unspecified atom stereocenters. The second kappa shape index (κ2) is 3.48. The number of carbonyl (C=O) groups excluding carboxylic acids is 1. The number of rotatable bonds is 0. The molecule has 16 heavy (non-hydrogen) atoms. The number of nitrogens with zero attached hydrogens (tertiary/aromatic N) is 3. The number of piperidine rings is 1. The number of fused-ring (bicyclic) bond motifs is 2. The van der Waals surface area contributed by atoms with E-state index >= 15 is 0 Å². The van der Waals surface area contributed by atoms with Crippen LogP contribution in [0.2, 0.25) is 0 Å². The molecule has 1 fully saturated rings. The lowest BCUT2D eigenvalue weighted by Crippen LogP contribution is -2.50. The lowest BCUT2D eigenvalue weighted by Gasteiger charge is -2.39. The van der Waals surface area contributed by atoms with Crippen LogP contribution in [0.5, 0.6) is 0 Å². The summed E-state index contributed by atoms with van der Waals surface area (Å²) in [6, 6.07) is 0.306. The molecule has 0 bridgehead atoms. The highest BCUT2D eigenvalue weighted by Gasteiger charge is 2.36. The van der Waals surface area contributed by atoms with E-state index in [-0.39, 0.29) is 5.91 Å². The van der Waals surface area contributed by atoms with Crippen LogP contribution in [0.3, 0.4) is 0 Å². The van der Waals surface area contributed by atoms with Crippen LogP contribution in [0.15, 0.2) is 4.47 Å². The van der Waals surface area contributed by atoms with Crippen LogP contribution in [0.1, 0.15) is 29.8 Å². The normalized spacial score (nSPS) is 24.2. The van der Waals surface area contributed by atoms with Crippen molar-refractivity contribution in [3.8, 4) is 0 Å². The molecule has 2 aliphatic heterocycles. The van der Waals surface area contributed by atoms with E-state index in [4.69, 9.17) is 5.73 Å². The van der Waals surface area contributed by atoms with E-state index in [2.05, 4.69) is 21.0 Å². The van der Waals surface area contributed by atoms with Gasteiger partial charge in [-0.05, 0) is 35.2 Å². The monoisotopic (exact) mass is 284 g/mol. The highest BCUT2D eigenvalue weighted by molar-refractivity contribution is 9.10. The summed E-state index contributed by atoms with van der Waals surface area (Å²) in [4.78, 5) is 14.2. The molecule has 5 nitrogen and oxygen atoms in total. The summed E-state index contributed by atoms with van der Waals surface area (Å²) in [6.45, 7) is 1.64. The van der Waals surface area contributed by atoms with Crippen molar-refractivity contribution in [2.75, 3.05) is 12.3 Å². The zero-order valence-corrected chi connectivity index (χ0v) is 10.4. The average Bonchev–Trinajstić information content (AvgIpc) is 2.55. The van der Waals surface area contributed by atoms with E-state index in [0.717, 1.165) is 25.9 Å². The average molecular weight is 285 g/mol. The molecule has 86 valence electrons. The van der Waals surface area contributed by atoms with Gasteiger partial charge in [0.25, 0.3) is 5.91 Å². The summed E-state index contributed by atoms with van der Waals surface area (Å²) < 4.78 is 2.38. The summed E-state index contributed by atoms with van der Waals surface area (Å²) >= 11 is 3.34. The second-order valence-corrected chi connectivity index (χ2v) is 5.17. The van der Waals surface area contributed by atoms with Gasteiger partial charge in [-0.15, -0.1) is 0 Å². The minimum Gasteiger partial charge on any atom is -0.381 e. The Morgan fingerprint density at radius 1 is 1.44 bits per heavy atom. The molecule has 0 aromatic carbocycles. The predicted octanol–water partition coefficient (Wildman–Crippen LogP) is 1.24. The molecule has 1 saturated heterocycles. The molecule has 3 rings (SSSR count). The van der Waals surface area contributed by atoms with Crippen molar-refractivity contribution in [2.45, 2.75) is 31.8 Å². The van der Waals surface area contributed by atoms with Gasteiger partial charge in [-0.25, -0.2) is 0 Å². The highest BCUT2D eigenvalue weighted by Crippen LogP contribution is 2.31. The first-order valence-electron chi connectivity index (χ1n) is 5.51. The highest BCUT2D eigenvalue weighted by atomic mass is 79.9. The first-order valence-corrected chi connectivity index (χ1v) is 6.30. The molecular weight excluding hydrogens is 272 g/mol. The summed E-state index contributed by atoms with van der Waals surface area (Å²) in [5, 5.41) is 4.19. The van der Waals surface area contributed by atoms with Crippen LogP contribution < -0.4 is 5.73 Å². The van der Waals surface area contributed by atoms with Crippen molar-refractivity contribution in [3.05, 3.63) is 10.2 Å². The predicted molar refractivity (Wildman–Crippen MR) is 63.0 cm³/mol. The van der Waals surface area contributed by atoms with Crippen molar-refractivity contribution in [1.82, 2.24) is 14.7 Å². The molecule has 2 aliphatic rings. The number of anilines is 1. The maximum Gasteiger partial charge on any atom is 0.273 e. The number of nitrogen functional groups attached to an aromatic ring is 1. The lowest BCUT2D eigenvalue weighted by atomic mass is 10.00. The molecule has 6 heteroatoms. The van der Waals surface area contributed by atoms with Gasteiger partial charge >= 0.3 is 0 Å². The number of halogens is 1. The van der Waals surface area contributed by atoms with Gasteiger partial charge in [0.1, 0.15) is 5.69 Å². The molecule has 2 N–H and O–H groups in total. The molecule has 0 radical (unpaired) electrons. The van der Waals surface area contributed by atoms with E-state index in [1.54, 1.807) is 4.68 Å². The van der Waals surface area contributed by atoms with Crippen molar-refractivity contribution in [1.29, 1.82) is 0 Å². The maximum atomic E-state index is 12.3. The summed E-state index contributed by atoms with van der Waals surface area (Å²) in [6.07, 6.45) is 3.37. The van der Waals surface area contributed by atoms with Gasteiger partial charge in [0.05, 0.1) is 17.1 Å². The molecule has 0 spiro atoms. The molecule has 1 atom stereocenters. The number of hydrogen-bond donors (Lipinski definition) is 1. The lowest BCUT2D eigenvalue weighted by molar-refractivity contribution is 0.0500.